The normalized spacial score (nSPS) is 18.7. The molecule has 4 heteroatoms. The van der Waals surface area contributed by atoms with Crippen LogP contribution in [-0.4, -0.2) is 16.5 Å². The van der Waals surface area contributed by atoms with Crippen LogP contribution in [0.15, 0.2) is 4.47 Å². The number of hydrogen-bond donors (Lipinski definition) is 1. The summed E-state index contributed by atoms with van der Waals surface area (Å²) < 4.78 is 1.05. The fraction of sp³-hybridized carbons (Fsp3) is 0.765. The van der Waals surface area contributed by atoms with Crippen molar-refractivity contribution in [1.82, 2.24) is 9.97 Å². The molecule has 0 atom stereocenters. The molecule has 0 aliphatic heterocycles. The van der Waals surface area contributed by atoms with E-state index in [1.807, 2.05) is 0 Å². The SMILES string of the molecule is CCCc1nc(C2CCC(C)(C)CC2)nc(NCC)c1Br. The first kappa shape index (κ1) is 16.7. The van der Waals surface area contributed by atoms with Gasteiger partial charge in [-0.05, 0) is 60.4 Å². The molecule has 1 heterocycles. The molecule has 1 aromatic rings. The van der Waals surface area contributed by atoms with E-state index in [4.69, 9.17) is 9.97 Å². The van der Waals surface area contributed by atoms with Gasteiger partial charge in [-0.25, -0.2) is 9.97 Å². The van der Waals surface area contributed by atoms with Gasteiger partial charge in [-0.15, -0.1) is 0 Å². The van der Waals surface area contributed by atoms with E-state index in [9.17, 15) is 0 Å². The van der Waals surface area contributed by atoms with Crippen molar-refractivity contribution in [3.63, 3.8) is 0 Å². The van der Waals surface area contributed by atoms with E-state index in [2.05, 4.69) is 48.9 Å². The third-order valence-electron chi connectivity index (χ3n) is 4.47. The first-order valence-electron chi connectivity index (χ1n) is 8.27. The Morgan fingerprint density at radius 3 is 2.43 bits per heavy atom. The smallest absolute Gasteiger partial charge is 0.144 e. The summed E-state index contributed by atoms with van der Waals surface area (Å²) in [6, 6.07) is 0. The lowest BCUT2D eigenvalue weighted by molar-refractivity contribution is 0.220. The van der Waals surface area contributed by atoms with E-state index < -0.39 is 0 Å². The molecule has 1 fully saturated rings. The molecular formula is C17H28BrN3. The van der Waals surface area contributed by atoms with Crippen molar-refractivity contribution in [1.29, 1.82) is 0 Å². The fourth-order valence-corrected chi connectivity index (χ4v) is 3.56. The lowest BCUT2D eigenvalue weighted by Gasteiger charge is -2.33. The molecule has 1 aliphatic rings. The minimum absolute atomic E-state index is 0.489. The first-order chi connectivity index (χ1) is 9.96. The number of aromatic nitrogens is 2. The summed E-state index contributed by atoms with van der Waals surface area (Å²) in [6.07, 6.45) is 7.09. The van der Waals surface area contributed by atoms with E-state index in [1.54, 1.807) is 0 Å². The topological polar surface area (TPSA) is 37.8 Å². The second-order valence-electron chi connectivity index (χ2n) is 6.91. The van der Waals surface area contributed by atoms with Crippen molar-refractivity contribution in [2.75, 3.05) is 11.9 Å². The van der Waals surface area contributed by atoms with E-state index in [0.717, 1.165) is 41.2 Å². The van der Waals surface area contributed by atoms with E-state index in [-0.39, 0.29) is 0 Å². The van der Waals surface area contributed by atoms with Gasteiger partial charge in [0.25, 0.3) is 0 Å². The van der Waals surface area contributed by atoms with Crippen LogP contribution in [0.5, 0.6) is 0 Å². The molecule has 1 N–H and O–H groups in total. The minimum Gasteiger partial charge on any atom is -0.369 e. The van der Waals surface area contributed by atoms with Crippen LogP contribution in [0.4, 0.5) is 5.82 Å². The van der Waals surface area contributed by atoms with Crippen LogP contribution in [0, 0.1) is 5.41 Å². The van der Waals surface area contributed by atoms with Crippen molar-refractivity contribution in [3.8, 4) is 0 Å². The Morgan fingerprint density at radius 1 is 1.19 bits per heavy atom. The lowest BCUT2D eigenvalue weighted by Crippen LogP contribution is -2.22. The number of halogens is 1. The van der Waals surface area contributed by atoms with Crippen molar-refractivity contribution < 1.29 is 0 Å². The largest absolute Gasteiger partial charge is 0.369 e. The van der Waals surface area contributed by atoms with Gasteiger partial charge in [-0.1, -0.05) is 27.2 Å². The maximum atomic E-state index is 4.88. The van der Waals surface area contributed by atoms with Crippen molar-refractivity contribution >= 4 is 21.7 Å². The summed E-state index contributed by atoms with van der Waals surface area (Å²) in [6.45, 7) is 9.94. The number of aryl methyl sites for hydroxylation is 1. The standard InChI is InChI=1S/C17H28BrN3/c1-5-7-13-14(18)16(19-6-2)21-15(20-13)12-8-10-17(3,4)11-9-12/h12H,5-11H2,1-4H3,(H,19,20,21). The highest BCUT2D eigenvalue weighted by molar-refractivity contribution is 9.10. The Hall–Kier alpha value is -0.640. The summed E-state index contributed by atoms with van der Waals surface area (Å²) in [4.78, 5) is 9.69. The number of anilines is 1. The zero-order chi connectivity index (χ0) is 15.5. The Kier molecular flexibility index (Phi) is 5.64. The van der Waals surface area contributed by atoms with Crippen LogP contribution in [0.1, 0.15) is 77.2 Å². The molecule has 1 aromatic heterocycles. The van der Waals surface area contributed by atoms with Gasteiger partial charge < -0.3 is 5.32 Å². The van der Waals surface area contributed by atoms with Gasteiger partial charge in [-0.3, -0.25) is 0 Å². The fourth-order valence-electron chi connectivity index (χ4n) is 3.04. The molecule has 1 saturated carbocycles. The molecule has 118 valence electrons. The lowest BCUT2D eigenvalue weighted by atomic mass is 9.73. The van der Waals surface area contributed by atoms with Crippen LogP contribution < -0.4 is 5.32 Å². The van der Waals surface area contributed by atoms with Crippen molar-refractivity contribution in [2.45, 2.75) is 72.1 Å². The Balaban J connectivity index is 2.26. The molecule has 0 amide bonds. The quantitative estimate of drug-likeness (QED) is 0.779. The highest BCUT2D eigenvalue weighted by Crippen LogP contribution is 2.42. The minimum atomic E-state index is 0.489. The molecule has 0 saturated heterocycles. The number of hydrogen-bond acceptors (Lipinski definition) is 3. The van der Waals surface area contributed by atoms with E-state index in [1.165, 1.54) is 25.7 Å². The predicted octanol–water partition coefficient (Wildman–Crippen LogP) is 5.31. The predicted molar refractivity (Wildman–Crippen MR) is 92.9 cm³/mol. The third kappa shape index (κ3) is 4.18. The molecule has 0 radical (unpaired) electrons. The molecule has 1 aliphatic carbocycles. The zero-order valence-corrected chi connectivity index (χ0v) is 15.4. The van der Waals surface area contributed by atoms with Gasteiger partial charge in [0.2, 0.25) is 0 Å². The second-order valence-corrected chi connectivity index (χ2v) is 7.70. The summed E-state index contributed by atoms with van der Waals surface area (Å²) >= 11 is 3.67. The molecule has 3 nitrogen and oxygen atoms in total. The highest BCUT2D eigenvalue weighted by Gasteiger charge is 2.29. The average molecular weight is 354 g/mol. The molecular weight excluding hydrogens is 326 g/mol. The van der Waals surface area contributed by atoms with Crippen LogP contribution in [0.2, 0.25) is 0 Å². The van der Waals surface area contributed by atoms with Gasteiger partial charge in [-0.2, -0.15) is 0 Å². The maximum absolute atomic E-state index is 4.88. The number of rotatable bonds is 5. The van der Waals surface area contributed by atoms with Crippen molar-refractivity contribution in [2.24, 2.45) is 5.41 Å². The van der Waals surface area contributed by atoms with Crippen LogP contribution in [0.3, 0.4) is 0 Å². The van der Waals surface area contributed by atoms with Gasteiger partial charge in [0.1, 0.15) is 11.6 Å². The number of nitrogens with zero attached hydrogens (tertiary/aromatic N) is 2. The molecule has 21 heavy (non-hydrogen) atoms. The van der Waals surface area contributed by atoms with Gasteiger partial charge >= 0.3 is 0 Å². The average Bonchev–Trinajstić information content (AvgIpc) is 2.43. The third-order valence-corrected chi connectivity index (χ3v) is 5.31. The summed E-state index contributed by atoms with van der Waals surface area (Å²) in [5.41, 5.74) is 1.64. The summed E-state index contributed by atoms with van der Waals surface area (Å²) in [5, 5.41) is 3.37. The maximum Gasteiger partial charge on any atom is 0.144 e. The monoisotopic (exact) mass is 353 g/mol. The first-order valence-corrected chi connectivity index (χ1v) is 9.06. The Labute approximate surface area is 137 Å². The van der Waals surface area contributed by atoms with Crippen LogP contribution in [-0.2, 0) is 6.42 Å². The molecule has 0 bridgehead atoms. The van der Waals surface area contributed by atoms with Crippen LogP contribution >= 0.6 is 15.9 Å². The Morgan fingerprint density at radius 2 is 1.86 bits per heavy atom. The summed E-state index contributed by atoms with van der Waals surface area (Å²) in [7, 11) is 0. The molecule has 0 unspecified atom stereocenters. The number of nitrogens with one attached hydrogen (secondary N) is 1. The second kappa shape index (κ2) is 7.08. The molecule has 0 spiro atoms. The van der Waals surface area contributed by atoms with Gasteiger partial charge in [0, 0.05) is 12.5 Å². The van der Waals surface area contributed by atoms with Crippen LogP contribution in [0.25, 0.3) is 0 Å². The molecule has 0 aromatic carbocycles. The zero-order valence-electron chi connectivity index (χ0n) is 13.8. The van der Waals surface area contributed by atoms with Gasteiger partial charge in [0.05, 0.1) is 10.2 Å². The van der Waals surface area contributed by atoms with Gasteiger partial charge in [0.15, 0.2) is 0 Å². The summed E-state index contributed by atoms with van der Waals surface area (Å²) in [5.74, 6) is 2.54. The Bertz CT molecular complexity index is 448. The van der Waals surface area contributed by atoms with E-state index in [0.29, 0.717) is 11.3 Å². The highest BCUT2D eigenvalue weighted by atomic mass is 79.9. The van der Waals surface area contributed by atoms with E-state index >= 15 is 0 Å². The van der Waals surface area contributed by atoms with Crippen molar-refractivity contribution in [3.05, 3.63) is 16.0 Å². The molecule has 2 rings (SSSR count).